The Labute approximate surface area is 118 Å². The summed E-state index contributed by atoms with van der Waals surface area (Å²) in [7, 11) is 4.83. The van der Waals surface area contributed by atoms with Gasteiger partial charge in [0, 0.05) is 23.5 Å². The number of hydrogen-bond acceptors (Lipinski definition) is 5. The first-order chi connectivity index (χ1) is 9.76. The molecule has 0 unspecified atom stereocenters. The molecule has 2 rings (SSSR count). The van der Waals surface area contributed by atoms with E-state index in [1.807, 2.05) is 12.1 Å². The zero-order chi connectivity index (χ0) is 14.5. The number of nitrogens with zero attached hydrogens (tertiary/aromatic N) is 1. The number of hydrogen-bond donors (Lipinski definition) is 1. The molecular weight excluding hydrogens is 256 g/mol. The van der Waals surface area contributed by atoms with Gasteiger partial charge in [0.2, 0.25) is 5.75 Å². The molecule has 1 heterocycles. The summed E-state index contributed by atoms with van der Waals surface area (Å²) in [5.41, 5.74) is 0. The summed E-state index contributed by atoms with van der Waals surface area (Å²) in [5, 5.41) is 5.21. The molecule has 0 aliphatic heterocycles. The Bertz CT molecular complexity index is 599. The van der Waals surface area contributed by atoms with Gasteiger partial charge < -0.3 is 19.5 Å². The quantitative estimate of drug-likeness (QED) is 0.878. The predicted octanol–water partition coefficient (Wildman–Crippen LogP) is 3.08. The zero-order valence-corrected chi connectivity index (χ0v) is 12.3. The van der Waals surface area contributed by atoms with Crippen molar-refractivity contribution in [2.45, 2.75) is 13.3 Å². The van der Waals surface area contributed by atoms with Gasteiger partial charge >= 0.3 is 0 Å². The third kappa shape index (κ3) is 2.43. The highest BCUT2D eigenvalue weighted by Crippen LogP contribution is 2.44. The highest BCUT2D eigenvalue weighted by Gasteiger charge is 2.17. The number of methoxy groups -OCH3 is 3. The first-order valence-corrected chi connectivity index (χ1v) is 6.58. The van der Waals surface area contributed by atoms with Crippen LogP contribution in [-0.2, 0) is 0 Å². The molecule has 0 fully saturated rings. The lowest BCUT2D eigenvalue weighted by atomic mass is 10.1. The molecule has 1 aromatic heterocycles. The van der Waals surface area contributed by atoms with E-state index in [-0.39, 0.29) is 0 Å². The highest BCUT2D eigenvalue weighted by atomic mass is 16.5. The smallest absolute Gasteiger partial charge is 0.203 e. The molecule has 5 heteroatoms. The van der Waals surface area contributed by atoms with Crippen LogP contribution in [0.4, 0.5) is 5.82 Å². The van der Waals surface area contributed by atoms with Crippen molar-refractivity contribution in [2.24, 2.45) is 0 Å². The minimum absolute atomic E-state index is 0.593. The molecule has 0 aliphatic rings. The molecular formula is C15H20N2O3. The number of fused-ring (bicyclic) bond motifs is 1. The van der Waals surface area contributed by atoms with Crippen LogP contribution in [0.2, 0.25) is 0 Å². The van der Waals surface area contributed by atoms with Crippen LogP contribution in [0, 0.1) is 0 Å². The maximum atomic E-state index is 5.49. The Hall–Kier alpha value is -2.17. The number of anilines is 1. The number of benzene rings is 1. The van der Waals surface area contributed by atoms with Gasteiger partial charge in [-0.05, 0) is 18.6 Å². The summed E-state index contributed by atoms with van der Waals surface area (Å²) in [6.45, 7) is 2.98. The third-order valence-corrected chi connectivity index (χ3v) is 3.11. The Balaban J connectivity index is 2.69. The van der Waals surface area contributed by atoms with E-state index in [4.69, 9.17) is 14.2 Å². The number of aromatic nitrogens is 1. The molecule has 0 spiro atoms. The summed E-state index contributed by atoms with van der Waals surface area (Å²) < 4.78 is 16.3. The van der Waals surface area contributed by atoms with E-state index >= 15 is 0 Å². The van der Waals surface area contributed by atoms with E-state index in [2.05, 4.69) is 17.2 Å². The molecule has 1 N–H and O–H groups in total. The largest absolute Gasteiger partial charge is 0.493 e. The molecule has 0 bridgehead atoms. The van der Waals surface area contributed by atoms with Crippen molar-refractivity contribution >= 4 is 16.6 Å². The van der Waals surface area contributed by atoms with Crippen LogP contribution in [0.15, 0.2) is 18.3 Å². The highest BCUT2D eigenvalue weighted by molar-refractivity contribution is 5.99. The third-order valence-electron chi connectivity index (χ3n) is 3.11. The van der Waals surface area contributed by atoms with Crippen LogP contribution >= 0.6 is 0 Å². The number of rotatable bonds is 6. The van der Waals surface area contributed by atoms with Crippen molar-refractivity contribution in [1.29, 1.82) is 0 Å². The summed E-state index contributed by atoms with van der Waals surface area (Å²) in [4.78, 5) is 4.39. The summed E-state index contributed by atoms with van der Waals surface area (Å²) in [6.07, 6.45) is 2.79. The first kappa shape index (κ1) is 14.2. The number of nitrogens with one attached hydrogen (secondary N) is 1. The van der Waals surface area contributed by atoms with E-state index in [1.54, 1.807) is 27.5 Å². The molecule has 0 radical (unpaired) electrons. The second kappa shape index (κ2) is 6.32. The van der Waals surface area contributed by atoms with Crippen LogP contribution in [0.3, 0.4) is 0 Å². The molecule has 0 saturated heterocycles. The molecule has 5 nitrogen and oxygen atoms in total. The molecule has 108 valence electrons. The second-order valence-electron chi connectivity index (χ2n) is 4.33. The fraction of sp³-hybridized carbons (Fsp3) is 0.400. The van der Waals surface area contributed by atoms with Crippen molar-refractivity contribution in [2.75, 3.05) is 33.2 Å². The normalized spacial score (nSPS) is 10.4. The number of ether oxygens (including phenoxy) is 3. The van der Waals surface area contributed by atoms with Crippen LogP contribution in [-0.4, -0.2) is 32.9 Å². The average molecular weight is 276 g/mol. The van der Waals surface area contributed by atoms with Crippen LogP contribution < -0.4 is 19.5 Å². The van der Waals surface area contributed by atoms with Gasteiger partial charge in [0.05, 0.1) is 21.3 Å². The Morgan fingerprint density at radius 1 is 1.05 bits per heavy atom. The minimum Gasteiger partial charge on any atom is -0.493 e. The van der Waals surface area contributed by atoms with E-state index < -0.39 is 0 Å². The lowest BCUT2D eigenvalue weighted by molar-refractivity contribution is 0.327. The lowest BCUT2D eigenvalue weighted by Gasteiger charge is -2.16. The molecule has 0 atom stereocenters. The van der Waals surface area contributed by atoms with Crippen molar-refractivity contribution in [3.8, 4) is 17.2 Å². The standard InChI is InChI=1S/C15H20N2O3/c1-5-7-16-15-11-9-12(18-2)14(20-4)13(19-3)10(11)6-8-17-15/h6,8-9H,5,7H2,1-4H3,(H,16,17). The summed E-state index contributed by atoms with van der Waals surface area (Å²) in [5.74, 6) is 2.70. The fourth-order valence-electron chi connectivity index (χ4n) is 2.18. The van der Waals surface area contributed by atoms with E-state index in [9.17, 15) is 0 Å². The van der Waals surface area contributed by atoms with Crippen molar-refractivity contribution < 1.29 is 14.2 Å². The second-order valence-corrected chi connectivity index (χ2v) is 4.33. The summed E-state index contributed by atoms with van der Waals surface area (Å²) in [6, 6.07) is 3.83. The molecule has 1 aromatic carbocycles. The average Bonchev–Trinajstić information content (AvgIpc) is 2.50. The van der Waals surface area contributed by atoms with Gasteiger partial charge in [-0.1, -0.05) is 6.92 Å². The first-order valence-electron chi connectivity index (χ1n) is 6.58. The predicted molar refractivity (Wildman–Crippen MR) is 80.2 cm³/mol. The molecule has 20 heavy (non-hydrogen) atoms. The molecule has 0 saturated carbocycles. The zero-order valence-electron chi connectivity index (χ0n) is 12.3. The van der Waals surface area contributed by atoms with Gasteiger partial charge in [0.25, 0.3) is 0 Å². The van der Waals surface area contributed by atoms with E-state index in [0.29, 0.717) is 17.2 Å². The summed E-state index contributed by atoms with van der Waals surface area (Å²) >= 11 is 0. The lowest BCUT2D eigenvalue weighted by Crippen LogP contribution is -2.03. The number of pyridine rings is 1. The monoisotopic (exact) mass is 276 g/mol. The van der Waals surface area contributed by atoms with Crippen LogP contribution in [0.5, 0.6) is 17.2 Å². The van der Waals surface area contributed by atoms with Crippen molar-refractivity contribution in [3.05, 3.63) is 18.3 Å². The van der Waals surface area contributed by atoms with Gasteiger partial charge in [-0.15, -0.1) is 0 Å². The fourth-order valence-corrected chi connectivity index (χ4v) is 2.18. The van der Waals surface area contributed by atoms with Gasteiger partial charge in [-0.25, -0.2) is 4.98 Å². The van der Waals surface area contributed by atoms with E-state index in [0.717, 1.165) is 29.6 Å². The minimum atomic E-state index is 0.593. The molecule has 0 aliphatic carbocycles. The van der Waals surface area contributed by atoms with Gasteiger partial charge in [0.15, 0.2) is 11.5 Å². The van der Waals surface area contributed by atoms with E-state index in [1.165, 1.54) is 0 Å². The van der Waals surface area contributed by atoms with Gasteiger partial charge in [-0.3, -0.25) is 0 Å². The molecule has 0 amide bonds. The van der Waals surface area contributed by atoms with Gasteiger partial charge in [-0.2, -0.15) is 0 Å². The maximum Gasteiger partial charge on any atom is 0.203 e. The van der Waals surface area contributed by atoms with Crippen LogP contribution in [0.25, 0.3) is 10.8 Å². The molecule has 2 aromatic rings. The maximum absolute atomic E-state index is 5.49. The van der Waals surface area contributed by atoms with Gasteiger partial charge in [0.1, 0.15) is 5.82 Å². The van der Waals surface area contributed by atoms with Crippen molar-refractivity contribution in [1.82, 2.24) is 4.98 Å². The Morgan fingerprint density at radius 2 is 1.80 bits per heavy atom. The Kier molecular flexibility index (Phi) is 4.50. The topological polar surface area (TPSA) is 52.6 Å². The van der Waals surface area contributed by atoms with Crippen LogP contribution in [0.1, 0.15) is 13.3 Å². The van der Waals surface area contributed by atoms with Crippen molar-refractivity contribution in [3.63, 3.8) is 0 Å². The SMILES string of the molecule is CCCNc1nccc2c(OC)c(OC)c(OC)cc12. The Morgan fingerprint density at radius 3 is 2.40 bits per heavy atom.